The fourth-order valence-corrected chi connectivity index (χ4v) is 5.35. The van der Waals surface area contributed by atoms with E-state index in [0.717, 1.165) is 45.5 Å². The predicted molar refractivity (Wildman–Crippen MR) is 192 cm³/mol. The molecule has 6 nitrogen and oxygen atoms in total. The molecule has 0 radical (unpaired) electrons. The fourth-order valence-electron chi connectivity index (χ4n) is 5.35. The molecule has 0 atom stereocenters. The van der Waals surface area contributed by atoms with Crippen LogP contribution < -0.4 is 10.7 Å². The summed E-state index contributed by atoms with van der Waals surface area (Å²) in [6.45, 7) is 1.31. The number of para-hydroxylation sites is 2. The summed E-state index contributed by atoms with van der Waals surface area (Å²) >= 11 is 0. The Morgan fingerprint density at radius 1 is 0.638 bits per heavy atom. The minimum atomic E-state index is 0.558. The maximum atomic E-state index is 9.68. The van der Waals surface area contributed by atoms with Crippen molar-refractivity contribution in [2.75, 3.05) is 10.7 Å². The van der Waals surface area contributed by atoms with Gasteiger partial charge >= 0.3 is 0 Å². The maximum Gasteiger partial charge on any atom is 0.153 e. The standard InChI is InChI=1S/C27H21N3.C14H13N3/c28-20-25-18-10-11-19-26(25)30(21-22-12-4-1-5-13-22)29-27(23-14-6-2-7-15-23)24-16-8-3-9-17-24;15-14-12-8-4-5-9-13(12)17(16-14)10-11-6-2-1-3-7-11/h1-19H,21H2;1-9H,10H2,(H2,15,16). The lowest BCUT2D eigenvalue weighted by Gasteiger charge is -2.22. The molecule has 0 aliphatic rings. The molecule has 1 aromatic heterocycles. The van der Waals surface area contributed by atoms with Gasteiger partial charge in [0.25, 0.3) is 0 Å². The second-order valence-corrected chi connectivity index (χ2v) is 10.9. The highest BCUT2D eigenvalue weighted by Crippen LogP contribution is 2.25. The number of nitrogens with zero attached hydrogens (tertiary/aromatic N) is 5. The number of aromatic nitrogens is 2. The van der Waals surface area contributed by atoms with Crippen molar-refractivity contribution < 1.29 is 0 Å². The van der Waals surface area contributed by atoms with Gasteiger partial charge in [-0.3, -0.25) is 9.69 Å². The van der Waals surface area contributed by atoms with E-state index in [4.69, 9.17) is 10.8 Å². The van der Waals surface area contributed by atoms with E-state index >= 15 is 0 Å². The number of hydrazone groups is 1. The van der Waals surface area contributed by atoms with Gasteiger partial charge in [-0.2, -0.15) is 15.5 Å². The molecule has 0 bridgehead atoms. The number of hydrogen-bond acceptors (Lipinski definition) is 5. The van der Waals surface area contributed by atoms with E-state index in [0.29, 0.717) is 17.9 Å². The number of hydrogen-bond donors (Lipinski definition) is 1. The van der Waals surface area contributed by atoms with Crippen LogP contribution in [-0.4, -0.2) is 15.5 Å². The van der Waals surface area contributed by atoms with Crippen LogP contribution in [0.25, 0.3) is 10.9 Å². The zero-order valence-corrected chi connectivity index (χ0v) is 25.9. The zero-order valence-electron chi connectivity index (χ0n) is 25.9. The van der Waals surface area contributed by atoms with Crippen molar-refractivity contribution in [3.8, 4) is 6.07 Å². The molecule has 1 heterocycles. The van der Waals surface area contributed by atoms with Crippen molar-refractivity contribution >= 4 is 28.1 Å². The molecule has 2 N–H and O–H groups in total. The SMILES string of the molecule is N#Cc1ccccc1N(Cc1ccccc1)N=C(c1ccccc1)c1ccccc1.Nc1nn(Cc2ccccc2)c2ccccc12. The van der Waals surface area contributed by atoms with E-state index in [2.05, 4.69) is 59.7 Å². The molecule has 47 heavy (non-hydrogen) atoms. The summed E-state index contributed by atoms with van der Waals surface area (Å²) in [6, 6.07) is 58.6. The molecule has 0 aliphatic carbocycles. The van der Waals surface area contributed by atoms with E-state index in [1.807, 2.05) is 131 Å². The van der Waals surface area contributed by atoms with Gasteiger partial charge in [-0.25, -0.2) is 0 Å². The smallest absolute Gasteiger partial charge is 0.153 e. The number of nitriles is 1. The molecule has 0 spiro atoms. The third kappa shape index (κ3) is 7.62. The second-order valence-electron chi connectivity index (χ2n) is 10.9. The van der Waals surface area contributed by atoms with Crippen molar-refractivity contribution in [1.82, 2.24) is 9.78 Å². The van der Waals surface area contributed by atoms with Gasteiger partial charge < -0.3 is 5.73 Å². The van der Waals surface area contributed by atoms with Gasteiger partial charge in [-0.1, -0.05) is 146 Å². The number of nitrogen functional groups attached to an aromatic ring is 1. The molecular formula is C41H34N6. The average molecular weight is 611 g/mol. The molecule has 0 fully saturated rings. The first-order chi connectivity index (χ1) is 23.2. The Hall–Kier alpha value is -6.45. The number of nitrogens with two attached hydrogens (primary N) is 1. The van der Waals surface area contributed by atoms with Crippen LogP contribution in [0.5, 0.6) is 0 Å². The molecule has 0 unspecified atom stereocenters. The highest BCUT2D eigenvalue weighted by molar-refractivity contribution is 6.13. The summed E-state index contributed by atoms with van der Waals surface area (Å²) in [4.78, 5) is 0. The first-order valence-electron chi connectivity index (χ1n) is 15.4. The summed E-state index contributed by atoms with van der Waals surface area (Å²) in [5.41, 5.74) is 13.6. The summed E-state index contributed by atoms with van der Waals surface area (Å²) in [5, 5.41) is 22.1. The molecular weight excluding hydrogens is 576 g/mol. The number of rotatable bonds is 8. The first kappa shape index (κ1) is 30.6. The molecule has 7 aromatic rings. The van der Waals surface area contributed by atoms with Crippen molar-refractivity contribution in [3.63, 3.8) is 0 Å². The first-order valence-corrected chi connectivity index (χ1v) is 15.4. The van der Waals surface area contributed by atoms with Crippen LogP contribution in [-0.2, 0) is 13.1 Å². The molecule has 0 amide bonds. The molecule has 0 saturated carbocycles. The zero-order chi connectivity index (χ0) is 32.3. The van der Waals surface area contributed by atoms with Crippen LogP contribution in [0.15, 0.2) is 175 Å². The van der Waals surface area contributed by atoms with Gasteiger partial charge in [0.15, 0.2) is 5.82 Å². The average Bonchev–Trinajstić information content (AvgIpc) is 3.46. The van der Waals surface area contributed by atoms with Gasteiger partial charge in [0, 0.05) is 16.5 Å². The van der Waals surface area contributed by atoms with Crippen LogP contribution >= 0.6 is 0 Å². The van der Waals surface area contributed by atoms with E-state index < -0.39 is 0 Å². The number of benzene rings is 6. The summed E-state index contributed by atoms with van der Waals surface area (Å²) in [6.07, 6.45) is 0. The van der Waals surface area contributed by atoms with Crippen LogP contribution in [0, 0.1) is 11.3 Å². The number of anilines is 2. The van der Waals surface area contributed by atoms with Crippen molar-refractivity contribution in [3.05, 3.63) is 198 Å². The Morgan fingerprint density at radius 3 is 1.77 bits per heavy atom. The lowest BCUT2D eigenvalue weighted by atomic mass is 10.0. The van der Waals surface area contributed by atoms with Crippen LogP contribution in [0.3, 0.4) is 0 Å². The fraction of sp³-hybridized carbons (Fsp3) is 0.0488. The second kappa shape index (κ2) is 15.0. The highest BCUT2D eigenvalue weighted by Gasteiger charge is 2.15. The lowest BCUT2D eigenvalue weighted by Crippen LogP contribution is -2.20. The predicted octanol–water partition coefficient (Wildman–Crippen LogP) is 8.68. The van der Waals surface area contributed by atoms with Crippen molar-refractivity contribution in [2.45, 2.75) is 13.1 Å². The Kier molecular flexibility index (Phi) is 9.77. The Bertz CT molecular complexity index is 2060. The quantitative estimate of drug-likeness (QED) is 0.138. The van der Waals surface area contributed by atoms with Gasteiger partial charge in [-0.05, 0) is 35.4 Å². The molecule has 228 valence electrons. The van der Waals surface area contributed by atoms with Gasteiger partial charge in [0.2, 0.25) is 0 Å². The Labute approximate surface area is 275 Å². The van der Waals surface area contributed by atoms with Gasteiger partial charge in [-0.15, -0.1) is 0 Å². The highest BCUT2D eigenvalue weighted by atomic mass is 15.5. The lowest BCUT2D eigenvalue weighted by molar-refractivity contribution is 0.716. The maximum absolute atomic E-state index is 9.68. The molecule has 6 heteroatoms. The Morgan fingerprint density at radius 2 is 1.15 bits per heavy atom. The molecule has 0 saturated heterocycles. The third-order valence-electron chi connectivity index (χ3n) is 7.65. The summed E-state index contributed by atoms with van der Waals surface area (Å²) < 4.78 is 1.94. The minimum Gasteiger partial charge on any atom is -0.382 e. The van der Waals surface area contributed by atoms with Crippen LogP contribution in [0.4, 0.5) is 11.5 Å². The van der Waals surface area contributed by atoms with E-state index in [1.165, 1.54) is 5.56 Å². The van der Waals surface area contributed by atoms with E-state index in [-0.39, 0.29) is 0 Å². The minimum absolute atomic E-state index is 0.558. The van der Waals surface area contributed by atoms with Crippen molar-refractivity contribution in [2.24, 2.45) is 5.10 Å². The molecule has 7 rings (SSSR count). The monoisotopic (exact) mass is 610 g/mol. The summed E-state index contributed by atoms with van der Waals surface area (Å²) in [7, 11) is 0. The largest absolute Gasteiger partial charge is 0.382 e. The van der Waals surface area contributed by atoms with E-state index in [1.54, 1.807) is 0 Å². The topological polar surface area (TPSA) is 83.2 Å². The Balaban J connectivity index is 0.000000191. The van der Waals surface area contributed by atoms with Crippen LogP contribution in [0.2, 0.25) is 0 Å². The normalized spacial score (nSPS) is 10.4. The van der Waals surface area contributed by atoms with Crippen molar-refractivity contribution in [1.29, 1.82) is 5.26 Å². The van der Waals surface area contributed by atoms with Gasteiger partial charge in [0.1, 0.15) is 6.07 Å². The van der Waals surface area contributed by atoms with Gasteiger partial charge in [0.05, 0.1) is 35.6 Å². The molecule has 0 aliphatic heterocycles. The summed E-state index contributed by atoms with van der Waals surface area (Å²) in [5.74, 6) is 0.594. The third-order valence-corrected chi connectivity index (χ3v) is 7.65. The number of fused-ring (bicyclic) bond motifs is 1. The molecule has 6 aromatic carbocycles. The van der Waals surface area contributed by atoms with Crippen LogP contribution in [0.1, 0.15) is 27.8 Å². The van der Waals surface area contributed by atoms with E-state index in [9.17, 15) is 5.26 Å².